The molecule has 0 amide bonds. The van der Waals surface area contributed by atoms with E-state index in [-0.39, 0.29) is 0 Å². The van der Waals surface area contributed by atoms with Crippen LogP contribution in [0.15, 0.2) is 4.99 Å². The number of nitrogens with zero attached hydrogens (tertiary/aromatic N) is 1. The molecule has 2 unspecified atom stereocenters. The second kappa shape index (κ2) is 9.29. The van der Waals surface area contributed by atoms with Gasteiger partial charge in [-0.1, -0.05) is 32.1 Å². The van der Waals surface area contributed by atoms with Crippen LogP contribution in [0, 0.1) is 11.8 Å². The third-order valence-electron chi connectivity index (χ3n) is 4.85. The van der Waals surface area contributed by atoms with E-state index in [0.717, 1.165) is 50.4 Å². The van der Waals surface area contributed by atoms with Gasteiger partial charge in [-0.3, -0.25) is 4.99 Å². The van der Waals surface area contributed by atoms with E-state index in [1.54, 1.807) is 0 Å². The lowest BCUT2D eigenvalue weighted by Gasteiger charge is -2.22. The second-order valence-electron chi connectivity index (χ2n) is 6.45. The summed E-state index contributed by atoms with van der Waals surface area (Å²) < 4.78 is 5.35. The van der Waals surface area contributed by atoms with Crippen LogP contribution in [-0.2, 0) is 4.74 Å². The number of nitrogens with one attached hydrogen (secondary N) is 2. The van der Waals surface area contributed by atoms with E-state index < -0.39 is 0 Å². The summed E-state index contributed by atoms with van der Waals surface area (Å²) in [6.45, 7) is 4.72. The van der Waals surface area contributed by atoms with E-state index in [9.17, 15) is 0 Å². The number of hydrogen-bond donors (Lipinski definition) is 2. The zero-order valence-electron chi connectivity index (χ0n) is 13.9. The van der Waals surface area contributed by atoms with Gasteiger partial charge in [-0.2, -0.15) is 0 Å². The molecule has 0 aromatic heterocycles. The van der Waals surface area contributed by atoms with Crippen LogP contribution in [0.3, 0.4) is 0 Å². The highest BCUT2D eigenvalue weighted by Crippen LogP contribution is 2.44. The molecule has 2 rings (SSSR count). The van der Waals surface area contributed by atoms with Crippen molar-refractivity contribution in [2.24, 2.45) is 16.8 Å². The molecule has 4 heteroatoms. The molecule has 2 aliphatic rings. The van der Waals surface area contributed by atoms with Gasteiger partial charge in [0.1, 0.15) is 0 Å². The SMILES string of the molecule is CCOCCCCNC(=NC)NC1CC1C1CCCCC1. The van der Waals surface area contributed by atoms with Crippen LogP contribution in [-0.4, -0.2) is 38.8 Å². The number of guanidine groups is 1. The smallest absolute Gasteiger partial charge is 0.191 e. The molecule has 0 aliphatic heterocycles. The first-order chi connectivity index (χ1) is 10.3. The minimum atomic E-state index is 0.669. The van der Waals surface area contributed by atoms with Crippen molar-refractivity contribution in [2.75, 3.05) is 26.8 Å². The Morgan fingerprint density at radius 2 is 2.00 bits per heavy atom. The normalized spacial score (nSPS) is 26.7. The Balaban J connectivity index is 1.56. The van der Waals surface area contributed by atoms with Crippen molar-refractivity contribution in [2.45, 2.75) is 64.3 Å². The third kappa shape index (κ3) is 5.85. The average molecular weight is 295 g/mol. The molecule has 2 atom stereocenters. The Bertz CT molecular complexity index is 313. The summed E-state index contributed by atoms with van der Waals surface area (Å²) in [5, 5.41) is 7.02. The van der Waals surface area contributed by atoms with Crippen LogP contribution < -0.4 is 10.6 Å². The predicted molar refractivity (Wildman–Crippen MR) is 88.7 cm³/mol. The Hall–Kier alpha value is -0.770. The molecule has 122 valence electrons. The van der Waals surface area contributed by atoms with Crippen LogP contribution in [0.2, 0.25) is 0 Å². The fourth-order valence-electron chi connectivity index (χ4n) is 3.51. The Morgan fingerprint density at radius 3 is 2.71 bits per heavy atom. The number of hydrogen-bond acceptors (Lipinski definition) is 2. The third-order valence-corrected chi connectivity index (χ3v) is 4.85. The maximum atomic E-state index is 5.35. The summed E-state index contributed by atoms with van der Waals surface area (Å²) in [5.41, 5.74) is 0. The maximum absolute atomic E-state index is 5.35. The lowest BCUT2D eigenvalue weighted by molar-refractivity contribution is 0.143. The van der Waals surface area contributed by atoms with Gasteiger partial charge in [0.15, 0.2) is 5.96 Å². The summed E-state index contributed by atoms with van der Waals surface area (Å²) in [4.78, 5) is 4.34. The summed E-state index contributed by atoms with van der Waals surface area (Å²) in [6.07, 6.45) is 10.8. The van der Waals surface area contributed by atoms with Crippen LogP contribution in [0.25, 0.3) is 0 Å². The fourth-order valence-corrected chi connectivity index (χ4v) is 3.51. The van der Waals surface area contributed by atoms with E-state index in [1.807, 2.05) is 14.0 Å². The molecular formula is C17H33N3O. The van der Waals surface area contributed by atoms with Crippen LogP contribution in [0.4, 0.5) is 0 Å². The Morgan fingerprint density at radius 1 is 1.19 bits per heavy atom. The van der Waals surface area contributed by atoms with Gasteiger partial charge in [-0.05, 0) is 38.0 Å². The van der Waals surface area contributed by atoms with Gasteiger partial charge in [-0.15, -0.1) is 0 Å². The molecule has 0 aromatic rings. The van der Waals surface area contributed by atoms with E-state index in [0.29, 0.717) is 6.04 Å². The van der Waals surface area contributed by atoms with Crippen molar-refractivity contribution >= 4 is 5.96 Å². The van der Waals surface area contributed by atoms with Gasteiger partial charge in [0, 0.05) is 32.8 Å². The molecule has 21 heavy (non-hydrogen) atoms. The quantitative estimate of drug-likeness (QED) is 0.411. The topological polar surface area (TPSA) is 45.6 Å². The summed E-state index contributed by atoms with van der Waals surface area (Å²) in [5.74, 6) is 2.86. The predicted octanol–water partition coefficient (Wildman–Crippen LogP) is 2.94. The highest BCUT2D eigenvalue weighted by Gasteiger charge is 2.43. The van der Waals surface area contributed by atoms with Crippen molar-refractivity contribution in [3.8, 4) is 0 Å². The van der Waals surface area contributed by atoms with Gasteiger partial charge in [0.25, 0.3) is 0 Å². The van der Waals surface area contributed by atoms with Gasteiger partial charge >= 0.3 is 0 Å². The standard InChI is InChI=1S/C17H33N3O/c1-3-21-12-8-7-11-19-17(18-2)20-16-13-15(16)14-9-5-4-6-10-14/h14-16H,3-13H2,1-2H3,(H2,18,19,20). The lowest BCUT2D eigenvalue weighted by Crippen LogP contribution is -2.40. The fraction of sp³-hybridized carbons (Fsp3) is 0.941. The lowest BCUT2D eigenvalue weighted by atomic mass is 9.85. The molecule has 2 fully saturated rings. The molecule has 0 bridgehead atoms. The Labute approximate surface area is 130 Å². The molecule has 2 N–H and O–H groups in total. The first-order valence-corrected chi connectivity index (χ1v) is 8.90. The zero-order chi connectivity index (χ0) is 14.9. The van der Waals surface area contributed by atoms with Crippen molar-refractivity contribution < 1.29 is 4.74 Å². The van der Waals surface area contributed by atoms with Gasteiger partial charge in [0.05, 0.1) is 0 Å². The molecule has 2 saturated carbocycles. The van der Waals surface area contributed by atoms with Crippen molar-refractivity contribution in [1.82, 2.24) is 10.6 Å². The Kier molecular flexibility index (Phi) is 7.34. The molecule has 0 heterocycles. The molecule has 0 saturated heterocycles. The van der Waals surface area contributed by atoms with Crippen molar-refractivity contribution in [3.63, 3.8) is 0 Å². The minimum absolute atomic E-state index is 0.669. The summed E-state index contributed by atoms with van der Waals surface area (Å²) in [7, 11) is 1.87. The zero-order valence-corrected chi connectivity index (χ0v) is 13.9. The largest absolute Gasteiger partial charge is 0.382 e. The summed E-state index contributed by atoms with van der Waals surface area (Å²) >= 11 is 0. The van der Waals surface area contributed by atoms with Crippen LogP contribution >= 0.6 is 0 Å². The number of ether oxygens (including phenoxy) is 1. The molecular weight excluding hydrogens is 262 g/mol. The number of aliphatic imine (C=N–C) groups is 1. The van der Waals surface area contributed by atoms with Crippen molar-refractivity contribution in [1.29, 1.82) is 0 Å². The van der Waals surface area contributed by atoms with Crippen molar-refractivity contribution in [3.05, 3.63) is 0 Å². The van der Waals surface area contributed by atoms with E-state index in [1.165, 1.54) is 38.5 Å². The first-order valence-electron chi connectivity index (χ1n) is 8.90. The number of rotatable bonds is 8. The van der Waals surface area contributed by atoms with E-state index >= 15 is 0 Å². The average Bonchev–Trinajstić information content (AvgIpc) is 3.29. The monoisotopic (exact) mass is 295 g/mol. The summed E-state index contributed by atoms with van der Waals surface area (Å²) in [6, 6.07) is 0.669. The highest BCUT2D eigenvalue weighted by molar-refractivity contribution is 5.80. The molecule has 2 aliphatic carbocycles. The van der Waals surface area contributed by atoms with E-state index in [2.05, 4.69) is 15.6 Å². The maximum Gasteiger partial charge on any atom is 0.191 e. The molecule has 0 spiro atoms. The highest BCUT2D eigenvalue weighted by atomic mass is 16.5. The molecule has 0 radical (unpaired) electrons. The van der Waals surface area contributed by atoms with Crippen LogP contribution in [0.1, 0.15) is 58.3 Å². The molecule has 4 nitrogen and oxygen atoms in total. The van der Waals surface area contributed by atoms with Gasteiger partial charge < -0.3 is 15.4 Å². The minimum Gasteiger partial charge on any atom is -0.382 e. The first kappa shape index (κ1) is 16.6. The second-order valence-corrected chi connectivity index (χ2v) is 6.45. The van der Waals surface area contributed by atoms with Gasteiger partial charge in [-0.25, -0.2) is 0 Å². The number of unbranched alkanes of at least 4 members (excludes halogenated alkanes) is 1. The molecule has 0 aromatic carbocycles. The van der Waals surface area contributed by atoms with Gasteiger partial charge in [0.2, 0.25) is 0 Å². The van der Waals surface area contributed by atoms with Crippen LogP contribution in [0.5, 0.6) is 0 Å². The van der Waals surface area contributed by atoms with E-state index in [4.69, 9.17) is 4.74 Å².